The zero-order valence-corrected chi connectivity index (χ0v) is 7.33. The number of nitrogens with one attached hydrogen (secondary N) is 1. The second-order valence-corrected chi connectivity index (χ2v) is 3.42. The van der Waals surface area contributed by atoms with Gasteiger partial charge in [-0.1, -0.05) is 19.3 Å². The van der Waals surface area contributed by atoms with Crippen LogP contribution in [0.4, 0.5) is 0 Å². The molecule has 12 heavy (non-hydrogen) atoms. The maximum atomic E-state index is 10.0. The van der Waals surface area contributed by atoms with E-state index in [0.29, 0.717) is 5.92 Å². The molecule has 0 amide bonds. The number of rotatable bonds is 4. The van der Waals surface area contributed by atoms with E-state index in [-0.39, 0.29) is 6.54 Å². The maximum absolute atomic E-state index is 10.0. The summed E-state index contributed by atoms with van der Waals surface area (Å²) in [5.74, 6) is 0.360. The molecule has 0 spiro atoms. The van der Waals surface area contributed by atoms with E-state index in [1.165, 1.54) is 19.3 Å². The van der Waals surface area contributed by atoms with Gasteiger partial charge in [0.05, 0.1) is 6.54 Å². The van der Waals surface area contributed by atoms with Gasteiger partial charge in [0.25, 0.3) is 0 Å². The third-order valence-corrected chi connectivity index (χ3v) is 2.51. The number of carbonyl (C=O) groups is 1. The van der Waals surface area contributed by atoms with Crippen molar-refractivity contribution in [1.82, 2.24) is 5.32 Å². The van der Waals surface area contributed by atoms with Crippen molar-refractivity contribution >= 4 is 6.29 Å². The van der Waals surface area contributed by atoms with Crippen molar-refractivity contribution in [3.63, 3.8) is 0 Å². The predicted octanol–water partition coefficient (Wildman–Crippen LogP) is 0.674. The number of hydrogen-bond donors (Lipinski definition) is 2. The molecule has 70 valence electrons. The number of hydrogen-bond acceptors (Lipinski definition) is 3. The van der Waals surface area contributed by atoms with Crippen LogP contribution in [0.2, 0.25) is 0 Å². The Morgan fingerprint density at radius 2 is 2.08 bits per heavy atom. The molecule has 0 aromatic carbocycles. The zero-order valence-electron chi connectivity index (χ0n) is 7.33. The van der Waals surface area contributed by atoms with Gasteiger partial charge in [0, 0.05) is 0 Å². The van der Waals surface area contributed by atoms with Crippen LogP contribution in [-0.2, 0) is 4.79 Å². The predicted molar refractivity (Wildman–Crippen MR) is 46.6 cm³/mol. The van der Waals surface area contributed by atoms with Crippen LogP contribution in [0.3, 0.4) is 0 Å². The molecule has 0 bridgehead atoms. The second-order valence-electron chi connectivity index (χ2n) is 3.42. The molecule has 1 fully saturated rings. The minimum atomic E-state index is -0.476. The van der Waals surface area contributed by atoms with Gasteiger partial charge in [0.1, 0.15) is 12.5 Å². The Labute approximate surface area is 73.2 Å². The summed E-state index contributed by atoms with van der Waals surface area (Å²) in [7, 11) is 0. The Hall–Kier alpha value is -0.410. The van der Waals surface area contributed by atoms with E-state index in [2.05, 4.69) is 5.32 Å². The van der Waals surface area contributed by atoms with E-state index in [4.69, 9.17) is 0 Å². The molecule has 1 atom stereocenters. The average molecular weight is 171 g/mol. The summed E-state index contributed by atoms with van der Waals surface area (Å²) in [6.07, 6.45) is 6.20. The molecule has 0 aromatic heterocycles. The summed E-state index contributed by atoms with van der Waals surface area (Å²) in [4.78, 5) is 10.0. The molecule has 0 radical (unpaired) electrons. The number of carbonyl (C=O) groups excluding carboxylic acids is 1. The molecular formula is C9H17NO2. The molecule has 1 aliphatic rings. The number of aliphatic hydroxyl groups is 1. The Bertz CT molecular complexity index is 132. The fourth-order valence-electron chi connectivity index (χ4n) is 1.79. The summed E-state index contributed by atoms with van der Waals surface area (Å²) < 4.78 is 0. The summed E-state index contributed by atoms with van der Waals surface area (Å²) in [6.45, 7) is 0.262. The lowest BCUT2D eigenvalue weighted by molar-refractivity contribution is -0.108. The van der Waals surface area contributed by atoms with Crippen LogP contribution in [0.5, 0.6) is 0 Å². The van der Waals surface area contributed by atoms with Crippen LogP contribution >= 0.6 is 0 Å². The fraction of sp³-hybridized carbons (Fsp3) is 0.889. The van der Waals surface area contributed by atoms with Gasteiger partial charge in [-0.15, -0.1) is 0 Å². The molecule has 1 rings (SSSR count). The third kappa shape index (κ3) is 2.91. The summed E-state index contributed by atoms with van der Waals surface area (Å²) in [6, 6.07) is 0. The molecule has 1 aliphatic carbocycles. The summed E-state index contributed by atoms with van der Waals surface area (Å²) in [5, 5.41) is 12.3. The molecule has 0 aliphatic heterocycles. The Morgan fingerprint density at radius 1 is 1.42 bits per heavy atom. The highest BCUT2D eigenvalue weighted by molar-refractivity contribution is 5.51. The topological polar surface area (TPSA) is 49.3 Å². The monoisotopic (exact) mass is 171 g/mol. The van der Waals surface area contributed by atoms with Gasteiger partial charge in [0.15, 0.2) is 0 Å². The summed E-state index contributed by atoms with van der Waals surface area (Å²) >= 11 is 0. The van der Waals surface area contributed by atoms with Crippen molar-refractivity contribution in [3.05, 3.63) is 0 Å². The van der Waals surface area contributed by atoms with Gasteiger partial charge >= 0.3 is 0 Å². The Morgan fingerprint density at radius 3 is 2.67 bits per heavy atom. The van der Waals surface area contributed by atoms with Crippen LogP contribution in [0.1, 0.15) is 32.1 Å². The molecule has 0 aromatic rings. The van der Waals surface area contributed by atoms with E-state index in [1.54, 1.807) is 0 Å². The SMILES string of the molecule is O=CCNC(O)C1CCCCC1. The molecule has 2 N–H and O–H groups in total. The van der Waals surface area contributed by atoms with Gasteiger partial charge < -0.3 is 9.90 Å². The van der Waals surface area contributed by atoms with Crippen molar-refractivity contribution in [2.24, 2.45) is 5.92 Å². The second kappa shape index (κ2) is 5.27. The first kappa shape index (κ1) is 9.68. The van der Waals surface area contributed by atoms with Gasteiger partial charge in [-0.25, -0.2) is 0 Å². The standard InChI is InChI=1S/C9H17NO2/c11-7-6-10-9(12)8-4-2-1-3-5-8/h7-10,12H,1-6H2. The first-order valence-electron chi connectivity index (χ1n) is 4.69. The van der Waals surface area contributed by atoms with E-state index >= 15 is 0 Å². The zero-order chi connectivity index (χ0) is 8.81. The average Bonchev–Trinajstić information content (AvgIpc) is 2.15. The van der Waals surface area contributed by atoms with Crippen molar-refractivity contribution in [1.29, 1.82) is 0 Å². The minimum Gasteiger partial charge on any atom is -0.378 e. The van der Waals surface area contributed by atoms with Crippen LogP contribution < -0.4 is 5.32 Å². The lowest BCUT2D eigenvalue weighted by Gasteiger charge is -2.26. The lowest BCUT2D eigenvalue weighted by atomic mass is 9.88. The first-order valence-corrected chi connectivity index (χ1v) is 4.69. The van der Waals surface area contributed by atoms with E-state index in [9.17, 15) is 9.90 Å². The van der Waals surface area contributed by atoms with Gasteiger partial charge in [-0.3, -0.25) is 5.32 Å². The summed E-state index contributed by atoms with van der Waals surface area (Å²) in [5.41, 5.74) is 0. The molecule has 3 heteroatoms. The Kier molecular flexibility index (Phi) is 4.25. The number of aldehydes is 1. The smallest absolute Gasteiger partial charge is 0.133 e. The number of aliphatic hydroxyl groups excluding tert-OH is 1. The van der Waals surface area contributed by atoms with Crippen molar-refractivity contribution in [2.75, 3.05) is 6.54 Å². The molecule has 0 saturated heterocycles. The van der Waals surface area contributed by atoms with Crippen LogP contribution in [0.25, 0.3) is 0 Å². The fourth-order valence-corrected chi connectivity index (χ4v) is 1.79. The maximum Gasteiger partial charge on any atom is 0.133 e. The van der Waals surface area contributed by atoms with Crippen molar-refractivity contribution < 1.29 is 9.90 Å². The Balaban J connectivity index is 2.19. The van der Waals surface area contributed by atoms with Gasteiger partial charge in [-0.2, -0.15) is 0 Å². The minimum absolute atomic E-state index is 0.262. The highest BCUT2D eigenvalue weighted by atomic mass is 16.3. The van der Waals surface area contributed by atoms with Gasteiger partial charge in [-0.05, 0) is 18.8 Å². The van der Waals surface area contributed by atoms with Crippen LogP contribution in [0, 0.1) is 5.92 Å². The molecule has 0 heterocycles. The quantitative estimate of drug-likeness (QED) is 0.483. The normalized spacial score (nSPS) is 22.1. The lowest BCUT2D eigenvalue weighted by Crippen LogP contribution is -2.37. The molecule has 1 saturated carbocycles. The van der Waals surface area contributed by atoms with Crippen LogP contribution in [0.15, 0.2) is 0 Å². The largest absolute Gasteiger partial charge is 0.378 e. The molecule has 1 unspecified atom stereocenters. The molecular weight excluding hydrogens is 154 g/mol. The third-order valence-electron chi connectivity index (χ3n) is 2.51. The highest BCUT2D eigenvalue weighted by Gasteiger charge is 2.20. The molecule has 3 nitrogen and oxygen atoms in total. The van der Waals surface area contributed by atoms with Crippen molar-refractivity contribution in [2.45, 2.75) is 38.3 Å². The van der Waals surface area contributed by atoms with E-state index < -0.39 is 6.23 Å². The van der Waals surface area contributed by atoms with Gasteiger partial charge in [0.2, 0.25) is 0 Å². The highest BCUT2D eigenvalue weighted by Crippen LogP contribution is 2.25. The van der Waals surface area contributed by atoms with Crippen LogP contribution in [-0.4, -0.2) is 24.2 Å². The first-order chi connectivity index (χ1) is 5.84. The van der Waals surface area contributed by atoms with Crippen molar-refractivity contribution in [3.8, 4) is 0 Å². The van der Waals surface area contributed by atoms with E-state index in [0.717, 1.165) is 19.1 Å². The van der Waals surface area contributed by atoms with E-state index in [1.807, 2.05) is 0 Å².